The summed E-state index contributed by atoms with van der Waals surface area (Å²) >= 11 is 5.96. The Hall–Kier alpha value is -3.07. The molecule has 6 nitrogen and oxygen atoms in total. The van der Waals surface area contributed by atoms with Gasteiger partial charge in [0.05, 0.1) is 29.6 Å². The molecule has 1 aliphatic heterocycles. The number of carbonyl (C=O) groups excluding carboxylic acids is 2. The van der Waals surface area contributed by atoms with E-state index in [-0.39, 0.29) is 17.5 Å². The van der Waals surface area contributed by atoms with Crippen molar-refractivity contribution in [2.24, 2.45) is 0 Å². The van der Waals surface area contributed by atoms with E-state index in [1.165, 1.54) is 11.0 Å². The monoisotopic (exact) mass is 450 g/mol. The molecule has 0 aliphatic carbocycles. The molecule has 10 heteroatoms. The van der Waals surface area contributed by atoms with E-state index in [9.17, 15) is 22.8 Å². The van der Waals surface area contributed by atoms with Gasteiger partial charge in [0.25, 0.3) is 11.8 Å². The molecule has 162 valence electrons. The number of hydrogen-bond donors (Lipinski definition) is 1. The molecular formula is C21H18ClF3N4O2. The summed E-state index contributed by atoms with van der Waals surface area (Å²) in [7, 11) is 0. The number of piperidine rings is 1. The van der Waals surface area contributed by atoms with Crippen molar-refractivity contribution in [3.05, 3.63) is 71.0 Å². The van der Waals surface area contributed by atoms with Crippen LogP contribution in [-0.2, 0) is 4.79 Å². The van der Waals surface area contributed by atoms with E-state index < -0.39 is 30.1 Å². The minimum atomic E-state index is -3.21. The lowest BCUT2D eigenvalue weighted by molar-refractivity contribution is -0.133. The molecule has 31 heavy (non-hydrogen) atoms. The van der Waals surface area contributed by atoms with Gasteiger partial charge in [-0.3, -0.25) is 9.59 Å². The van der Waals surface area contributed by atoms with Crippen LogP contribution in [0.5, 0.6) is 0 Å². The minimum absolute atomic E-state index is 0.00865. The third kappa shape index (κ3) is 4.36. The van der Waals surface area contributed by atoms with Gasteiger partial charge < -0.3 is 14.6 Å². The predicted molar refractivity (Wildman–Crippen MR) is 108 cm³/mol. The Kier molecular flexibility index (Phi) is 5.86. The molecule has 4 rings (SSSR count). The van der Waals surface area contributed by atoms with Gasteiger partial charge in [-0.2, -0.15) is 8.78 Å². The van der Waals surface area contributed by atoms with Crippen LogP contribution in [0.4, 0.5) is 13.2 Å². The van der Waals surface area contributed by atoms with Crippen LogP contribution in [0, 0.1) is 5.82 Å². The molecule has 1 saturated heterocycles. The number of nitrogens with zero attached hydrogens (tertiary/aromatic N) is 3. The number of aromatic nitrogens is 2. The highest BCUT2D eigenvalue weighted by molar-refractivity contribution is 6.30. The molecule has 2 aromatic heterocycles. The molecule has 2 atom stereocenters. The van der Waals surface area contributed by atoms with Crippen molar-refractivity contribution in [1.82, 2.24) is 19.6 Å². The van der Waals surface area contributed by atoms with Crippen LogP contribution in [0.2, 0.25) is 5.02 Å². The van der Waals surface area contributed by atoms with Crippen LogP contribution in [0.3, 0.4) is 0 Å². The van der Waals surface area contributed by atoms with Crippen LogP contribution < -0.4 is 5.32 Å². The van der Waals surface area contributed by atoms with Crippen LogP contribution in [0.1, 0.15) is 28.3 Å². The Labute approximate surface area is 180 Å². The predicted octanol–water partition coefficient (Wildman–Crippen LogP) is 3.51. The smallest absolute Gasteiger partial charge is 0.315 e. The zero-order valence-corrected chi connectivity index (χ0v) is 16.9. The molecule has 0 saturated carbocycles. The number of nitrogens with one attached hydrogen (secondary N) is 1. The number of rotatable bonds is 4. The maximum absolute atomic E-state index is 13.9. The standard InChI is InChI=1S/C21H18ClF3N4O2/c22-13-6-12(7-14(23)8-13)15-3-5-28(10-17(15)27-20(30)19(24)25)21(31)16-2-1-4-29-11-26-9-18(16)29/h1-2,4,6-9,11,15,17,19H,3,5,10H2,(H,27,30)/t15-,17+/m0/s1. The van der Waals surface area contributed by atoms with Gasteiger partial charge in [0, 0.05) is 30.2 Å². The van der Waals surface area contributed by atoms with Gasteiger partial charge in [-0.05, 0) is 42.3 Å². The SMILES string of the molecule is O=C(N[C@@H]1CN(C(=O)c2cccn3cncc23)CC[C@H]1c1cc(F)cc(Cl)c1)C(F)F. The molecule has 0 spiro atoms. The Balaban J connectivity index is 1.62. The number of imidazole rings is 1. The van der Waals surface area contributed by atoms with Crippen molar-refractivity contribution in [1.29, 1.82) is 0 Å². The Morgan fingerprint density at radius 3 is 2.81 bits per heavy atom. The van der Waals surface area contributed by atoms with Gasteiger partial charge >= 0.3 is 6.43 Å². The molecule has 1 N–H and O–H groups in total. The molecule has 3 aromatic rings. The van der Waals surface area contributed by atoms with Crippen LogP contribution >= 0.6 is 11.6 Å². The number of likely N-dealkylation sites (tertiary alicyclic amines) is 1. The van der Waals surface area contributed by atoms with Gasteiger partial charge in [-0.15, -0.1) is 0 Å². The Morgan fingerprint density at radius 2 is 2.06 bits per heavy atom. The molecule has 1 fully saturated rings. The van der Waals surface area contributed by atoms with Crippen molar-refractivity contribution in [3.63, 3.8) is 0 Å². The molecule has 1 aliphatic rings. The number of amides is 2. The number of carbonyl (C=O) groups is 2. The van der Waals surface area contributed by atoms with Gasteiger partial charge in [-0.1, -0.05) is 11.6 Å². The summed E-state index contributed by atoms with van der Waals surface area (Å²) in [6.07, 6.45) is 2.01. The van der Waals surface area contributed by atoms with E-state index in [4.69, 9.17) is 11.6 Å². The summed E-state index contributed by atoms with van der Waals surface area (Å²) in [5.41, 5.74) is 1.50. The first kappa shape index (κ1) is 21.2. The molecule has 0 bridgehead atoms. The highest BCUT2D eigenvalue weighted by Gasteiger charge is 2.35. The summed E-state index contributed by atoms with van der Waals surface area (Å²) in [5.74, 6) is -2.79. The summed E-state index contributed by atoms with van der Waals surface area (Å²) in [5, 5.41) is 2.47. The fourth-order valence-corrected chi connectivity index (χ4v) is 4.25. The van der Waals surface area contributed by atoms with Crippen LogP contribution in [0.15, 0.2) is 49.1 Å². The topological polar surface area (TPSA) is 66.7 Å². The second kappa shape index (κ2) is 8.58. The minimum Gasteiger partial charge on any atom is -0.346 e. The summed E-state index contributed by atoms with van der Waals surface area (Å²) in [6.45, 7) is 0.291. The van der Waals surface area contributed by atoms with Crippen LogP contribution in [-0.4, -0.2) is 51.7 Å². The number of benzene rings is 1. The lowest BCUT2D eigenvalue weighted by Gasteiger charge is -2.39. The lowest BCUT2D eigenvalue weighted by atomic mass is 9.85. The van der Waals surface area contributed by atoms with Crippen molar-refractivity contribution in [3.8, 4) is 0 Å². The molecule has 2 amide bonds. The van der Waals surface area contributed by atoms with Crippen molar-refractivity contribution in [2.45, 2.75) is 24.8 Å². The normalized spacial score (nSPS) is 19.1. The largest absolute Gasteiger partial charge is 0.346 e. The maximum atomic E-state index is 13.9. The fraction of sp³-hybridized carbons (Fsp3) is 0.286. The highest BCUT2D eigenvalue weighted by Crippen LogP contribution is 2.32. The summed E-state index contributed by atoms with van der Waals surface area (Å²) in [6, 6.07) is 6.48. The first-order valence-electron chi connectivity index (χ1n) is 9.58. The zero-order valence-electron chi connectivity index (χ0n) is 16.1. The average Bonchev–Trinajstić information content (AvgIpc) is 3.21. The van der Waals surface area contributed by atoms with E-state index in [0.29, 0.717) is 29.6 Å². The molecule has 1 aromatic carbocycles. The van der Waals surface area contributed by atoms with E-state index in [1.54, 1.807) is 41.3 Å². The van der Waals surface area contributed by atoms with Gasteiger partial charge in [0.1, 0.15) is 5.82 Å². The van der Waals surface area contributed by atoms with Gasteiger partial charge in [0.15, 0.2) is 0 Å². The van der Waals surface area contributed by atoms with Crippen molar-refractivity contribution >= 4 is 28.9 Å². The van der Waals surface area contributed by atoms with E-state index in [0.717, 1.165) is 6.07 Å². The van der Waals surface area contributed by atoms with Gasteiger partial charge in [0.2, 0.25) is 0 Å². The first-order valence-corrected chi connectivity index (χ1v) is 9.96. The lowest BCUT2D eigenvalue weighted by Crippen LogP contribution is -2.54. The number of halogens is 4. The van der Waals surface area contributed by atoms with Gasteiger partial charge in [-0.25, -0.2) is 9.37 Å². The zero-order chi connectivity index (χ0) is 22.1. The van der Waals surface area contributed by atoms with E-state index >= 15 is 0 Å². The average molecular weight is 451 g/mol. The van der Waals surface area contributed by atoms with Crippen molar-refractivity contribution < 1.29 is 22.8 Å². The highest BCUT2D eigenvalue weighted by atomic mass is 35.5. The number of hydrogen-bond acceptors (Lipinski definition) is 3. The third-order valence-corrected chi connectivity index (χ3v) is 5.64. The van der Waals surface area contributed by atoms with Crippen LogP contribution in [0.25, 0.3) is 5.52 Å². The fourth-order valence-electron chi connectivity index (χ4n) is 4.02. The number of fused-ring (bicyclic) bond motifs is 1. The second-order valence-electron chi connectivity index (χ2n) is 7.37. The summed E-state index contributed by atoms with van der Waals surface area (Å²) in [4.78, 5) is 30.4. The van der Waals surface area contributed by atoms with E-state index in [2.05, 4.69) is 10.3 Å². The maximum Gasteiger partial charge on any atom is 0.315 e. The number of alkyl halides is 2. The molecule has 0 radical (unpaired) electrons. The molecule has 3 heterocycles. The van der Waals surface area contributed by atoms with E-state index in [1.807, 2.05) is 0 Å². The second-order valence-corrected chi connectivity index (χ2v) is 7.81. The Bertz CT molecular complexity index is 1120. The quantitative estimate of drug-likeness (QED) is 0.661. The first-order chi connectivity index (χ1) is 14.8. The molecular weight excluding hydrogens is 433 g/mol. The Morgan fingerprint density at radius 1 is 1.26 bits per heavy atom. The third-order valence-electron chi connectivity index (χ3n) is 5.42. The summed E-state index contributed by atoms with van der Waals surface area (Å²) < 4.78 is 41.4. The molecule has 0 unspecified atom stereocenters. The number of pyridine rings is 1. The van der Waals surface area contributed by atoms with Crippen molar-refractivity contribution in [2.75, 3.05) is 13.1 Å².